The van der Waals surface area contributed by atoms with E-state index in [2.05, 4.69) is 231 Å². The monoisotopic (exact) mass is 977 g/mol. The maximum atomic E-state index is 6.55. The highest BCUT2D eigenvalue weighted by atomic mass is 32.1. The zero-order valence-corrected chi connectivity index (χ0v) is 41.9. The minimum atomic E-state index is 0.477. The Morgan fingerprint density at radius 3 is 1.61 bits per heavy atom. The Morgan fingerprint density at radius 2 is 0.920 bits per heavy atom. The first-order chi connectivity index (χ1) is 37.0. The first-order valence-corrected chi connectivity index (χ1v) is 26.0. The fourth-order valence-electron chi connectivity index (χ4n) is 10.3. The molecule has 10 aromatic carbocycles. The van der Waals surface area contributed by atoms with Gasteiger partial charge in [-0.3, -0.25) is 0 Å². The third-order valence-electron chi connectivity index (χ3n) is 14.1. The van der Waals surface area contributed by atoms with Gasteiger partial charge in [0.1, 0.15) is 11.2 Å². The number of hydrogen-bond donors (Lipinski definition) is 0. The van der Waals surface area contributed by atoms with E-state index in [9.17, 15) is 0 Å². The molecule has 75 heavy (non-hydrogen) atoms. The summed E-state index contributed by atoms with van der Waals surface area (Å²) in [5.74, 6) is 1.54. The van der Waals surface area contributed by atoms with Crippen LogP contribution < -0.4 is 0 Å². The van der Waals surface area contributed by atoms with Crippen LogP contribution in [0.3, 0.4) is 0 Å². The predicted octanol–water partition coefficient (Wildman–Crippen LogP) is 19.5. The quantitative estimate of drug-likeness (QED) is 0.121. The molecule has 0 amide bonds. The highest BCUT2D eigenvalue weighted by molar-refractivity contribution is 7.26. The molecule has 0 aliphatic rings. The smallest absolute Gasteiger partial charge is 0.164 e. The van der Waals surface area contributed by atoms with Crippen LogP contribution in [0.1, 0.15) is 18.3 Å². The van der Waals surface area contributed by atoms with Crippen LogP contribution in [0.4, 0.5) is 0 Å². The Bertz CT molecular complexity index is 4360. The van der Waals surface area contributed by atoms with Crippen molar-refractivity contribution >= 4 is 64.6 Å². The number of rotatable bonds is 11. The van der Waals surface area contributed by atoms with Gasteiger partial charge in [0.2, 0.25) is 0 Å². The first kappa shape index (κ1) is 45.3. The Labute approximate surface area is 439 Å². The largest absolute Gasteiger partial charge is 0.456 e. The number of hydrogen-bond acceptors (Lipinski definition) is 5. The molecule has 3 heterocycles. The number of fused-ring (bicyclic) bond motifs is 6. The van der Waals surface area contributed by atoms with Crippen LogP contribution in [0.15, 0.2) is 266 Å². The van der Waals surface area contributed by atoms with E-state index in [1.807, 2.05) is 48.6 Å². The molecule has 3 aromatic heterocycles. The molecule has 0 radical (unpaired) electrons. The molecule has 0 fully saturated rings. The number of benzene rings is 10. The van der Waals surface area contributed by atoms with Crippen LogP contribution in [0, 0.1) is 0 Å². The van der Waals surface area contributed by atoms with Crippen molar-refractivity contribution in [3.05, 3.63) is 273 Å². The molecular weight excluding hydrogens is 931 g/mol. The molecule has 0 bridgehead atoms. The zero-order valence-electron chi connectivity index (χ0n) is 41.1. The summed E-state index contributed by atoms with van der Waals surface area (Å²) in [4.78, 5) is 16.0. The summed E-state index contributed by atoms with van der Waals surface area (Å²) in [5, 5.41) is 4.47. The lowest BCUT2D eigenvalue weighted by atomic mass is 9.93. The van der Waals surface area contributed by atoms with Crippen molar-refractivity contribution in [3.63, 3.8) is 0 Å². The third kappa shape index (κ3) is 8.65. The fraction of sp³-hybridized carbons (Fsp3) is 0.0143. The summed E-state index contributed by atoms with van der Waals surface area (Å²) in [5.41, 5.74) is 17.4. The molecular formula is C70H47N3OS. The van der Waals surface area contributed by atoms with Gasteiger partial charge in [-0.2, -0.15) is 0 Å². The van der Waals surface area contributed by atoms with Crippen molar-refractivity contribution in [1.29, 1.82) is 0 Å². The number of furan rings is 1. The van der Waals surface area contributed by atoms with E-state index in [0.29, 0.717) is 23.0 Å². The van der Waals surface area contributed by atoms with Gasteiger partial charge in [-0.15, -0.1) is 11.3 Å². The summed E-state index contributed by atoms with van der Waals surface area (Å²) in [6.45, 7) is 6.63. The number of allylic oxidation sites excluding steroid dienone is 5. The minimum absolute atomic E-state index is 0.477. The second-order valence-corrected chi connectivity index (χ2v) is 19.7. The van der Waals surface area contributed by atoms with Gasteiger partial charge in [0.25, 0.3) is 0 Å². The van der Waals surface area contributed by atoms with E-state index >= 15 is 0 Å². The van der Waals surface area contributed by atoms with Gasteiger partial charge in [-0.05, 0) is 116 Å². The molecule has 4 nitrogen and oxygen atoms in total. The number of thiophene rings is 1. The van der Waals surface area contributed by atoms with Gasteiger partial charge < -0.3 is 4.42 Å². The molecule has 0 unspecified atom stereocenters. The number of nitrogens with zero attached hydrogens (tertiary/aromatic N) is 3. The van der Waals surface area contributed by atoms with Gasteiger partial charge in [0, 0.05) is 47.6 Å². The van der Waals surface area contributed by atoms with E-state index in [1.165, 1.54) is 36.9 Å². The summed E-state index contributed by atoms with van der Waals surface area (Å²) in [6, 6.07) is 83.5. The predicted molar refractivity (Wildman–Crippen MR) is 316 cm³/mol. The molecule has 13 rings (SSSR count). The van der Waals surface area contributed by atoms with Crippen molar-refractivity contribution in [1.82, 2.24) is 15.0 Å². The molecule has 354 valence electrons. The average molecular weight is 978 g/mol. The summed E-state index contributed by atoms with van der Waals surface area (Å²) in [7, 11) is 0. The lowest BCUT2D eigenvalue weighted by molar-refractivity contribution is 0.669. The van der Waals surface area contributed by atoms with E-state index < -0.39 is 0 Å². The Balaban J connectivity index is 0.978. The topological polar surface area (TPSA) is 51.8 Å². The van der Waals surface area contributed by atoms with E-state index in [4.69, 9.17) is 19.4 Å². The van der Waals surface area contributed by atoms with Crippen LogP contribution in [0.2, 0.25) is 0 Å². The second-order valence-electron chi connectivity index (χ2n) is 18.7. The molecule has 0 saturated heterocycles. The van der Waals surface area contributed by atoms with Gasteiger partial charge in [0.05, 0.1) is 0 Å². The molecule has 0 spiro atoms. The molecule has 0 N–H and O–H groups in total. The Morgan fingerprint density at radius 1 is 0.400 bits per heavy atom. The van der Waals surface area contributed by atoms with Crippen LogP contribution in [-0.2, 0) is 0 Å². The summed E-state index contributed by atoms with van der Waals surface area (Å²) >= 11 is 1.87. The minimum Gasteiger partial charge on any atom is -0.456 e. The van der Waals surface area contributed by atoms with Gasteiger partial charge in [-0.25, -0.2) is 15.0 Å². The van der Waals surface area contributed by atoms with E-state index in [1.54, 1.807) is 0 Å². The van der Waals surface area contributed by atoms with Crippen LogP contribution in [-0.4, -0.2) is 15.0 Å². The first-order valence-electron chi connectivity index (χ1n) is 25.2. The van der Waals surface area contributed by atoms with Crippen LogP contribution in [0.25, 0.3) is 132 Å². The van der Waals surface area contributed by atoms with Crippen LogP contribution >= 0.6 is 11.3 Å². The molecule has 13 aromatic rings. The van der Waals surface area contributed by atoms with Crippen LogP contribution in [0.5, 0.6) is 0 Å². The van der Waals surface area contributed by atoms with Crippen molar-refractivity contribution in [2.45, 2.75) is 6.92 Å². The zero-order chi connectivity index (χ0) is 50.2. The SMILES string of the molecule is C=C(/C=C\C(=C/C)c1ccccc1)c1nc(-c2cc(-c3ccccc3)cc(-c3cccc(-c4cccc5c4sc4c(-c6ccccc6)cccc45)c3)c2)nc(-c2cccc3oc4ccc(-c5ccccc5)cc4c23)n1. The fourth-order valence-corrected chi connectivity index (χ4v) is 11.7. The molecule has 0 aliphatic heterocycles. The van der Waals surface area contributed by atoms with Gasteiger partial charge in [0.15, 0.2) is 17.5 Å². The summed E-state index contributed by atoms with van der Waals surface area (Å²) < 4.78 is 9.11. The molecule has 0 aliphatic carbocycles. The average Bonchev–Trinajstić information content (AvgIpc) is 4.10. The van der Waals surface area contributed by atoms with E-state index in [-0.39, 0.29) is 0 Å². The molecule has 5 heteroatoms. The highest BCUT2D eigenvalue weighted by Gasteiger charge is 2.20. The standard InChI is InChI=1S/C70H47N3OS/c1-3-46(47-20-8-4-9-21-47)37-36-45(2)68-71-69(73-70(72-68)61-34-19-35-64-65(61)62-44-52(38-39-63(62)74-64)48-22-10-5-11-23-48)56-42-54(49-24-12-6-13-25-49)41-55(43-56)51-28-16-29-53(40-51)58-31-18-33-60-59-32-17-30-57(66(59)75-67(58)60)50-26-14-7-15-27-50/h3-44H,2H2,1H3/b37-36-,46-3+. The summed E-state index contributed by atoms with van der Waals surface area (Å²) in [6.07, 6.45) is 6.19. The second kappa shape index (κ2) is 19.5. The maximum absolute atomic E-state index is 6.55. The number of aromatic nitrogens is 3. The van der Waals surface area contributed by atoms with Crippen molar-refractivity contribution < 1.29 is 4.42 Å². The Hall–Kier alpha value is -9.55. The molecule has 0 saturated carbocycles. The lowest BCUT2D eigenvalue weighted by Gasteiger charge is -2.13. The maximum Gasteiger partial charge on any atom is 0.164 e. The van der Waals surface area contributed by atoms with Crippen molar-refractivity contribution in [3.8, 4) is 78.4 Å². The van der Waals surface area contributed by atoms with Crippen molar-refractivity contribution in [2.75, 3.05) is 0 Å². The molecule has 0 atom stereocenters. The lowest BCUT2D eigenvalue weighted by Crippen LogP contribution is -2.02. The van der Waals surface area contributed by atoms with Crippen molar-refractivity contribution in [2.24, 2.45) is 0 Å². The third-order valence-corrected chi connectivity index (χ3v) is 15.4. The van der Waals surface area contributed by atoms with Gasteiger partial charge in [-0.1, -0.05) is 219 Å². The Kier molecular flexibility index (Phi) is 11.8. The van der Waals surface area contributed by atoms with E-state index in [0.717, 1.165) is 83.1 Å². The normalized spacial score (nSPS) is 11.9. The highest BCUT2D eigenvalue weighted by Crippen LogP contribution is 2.45. The van der Waals surface area contributed by atoms with Gasteiger partial charge >= 0.3 is 0 Å².